The Morgan fingerprint density at radius 3 is 2.47 bits per heavy atom. The van der Waals surface area contributed by atoms with Gasteiger partial charge in [-0.3, -0.25) is 39.4 Å². The summed E-state index contributed by atoms with van der Waals surface area (Å²) in [5.74, 6) is -0.0917. The number of nitro benzene ring substituents is 2. The van der Waals surface area contributed by atoms with Crippen LogP contribution in [-0.2, 0) is 43.4 Å². The van der Waals surface area contributed by atoms with E-state index in [1.807, 2.05) is 0 Å². The molecule has 0 saturated carbocycles. The molecule has 2 amide bonds. The second kappa shape index (κ2) is 19.0. The Balaban J connectivity index is 0.925. The zero-order valence-corrected chi connectivity index (χ0v) is 32.2. The van der Waals surface area contributed by atoms with Gasteiger partial charge in [0.05, 0.1) is 72.1 Å². The first-order chi connectivity index (χ1) is 28.4. The summed E-state index contributed by atoms with van der Waals surface area (Å²) in [4.78, 5) is 77.9. The molecule has 0 radical (unpaired) electrons. The van der Waals surface area contributed by atoms with Crippen LogP contribution < -0.4 is 10.1 Å². The summed E-state index contributed by atoms with van der Waals surface area (Å²) in [5, 5.41) is 33.5. The molecule has 59 heavy (non-hydrogen) atoms. The lowest BCUT2D eigenvalue weighted by Gasteiger charge is -2.33. The molecule has 6 rings (SSSR count). The Morgan fingerprint density at radius 2 is 1.75 bits per heavy atom. The highest BCUT2D eigenvalue weighted by molar-refractivity contribution is 6.45. The topological polar surface area (TPSA) is 260 Å². The molecule has 0 unspecified atom stereocenters. The van der Waals surface area contributed by atoms with E-state index in [2.05, 4.69) is 20.6 Å². The van der Waals surface area contributed by atoms with E-state index in [0.717, 1.165) is 6.07 Å². The van der Waals surface area contributed by atoms with Gasteiger partial charge in [0.25, 0.3) is 23.1 Å². The highest BCUT2D eigenvalue weighted by Crippen LogP contribution is 2.37. The van der Waals surface area contributed by atoms with E-state index in [1.165, 1.54) is 37.3 Å². The Labute approximate surface area is 335 Å². The number of aryl methyl sites for hydroxylation is 1. The SMILES string of the molecule is COc1ccc(-c2ccc(CCC(=O)COCCn3cc(COCCNc4ccc([N+](=O)[O-])cc4[N+](=O)[O-])nn3)o2)c2[nH]cc(C(=O)C(=O)N3CCN(C(C)=O)CC3)c12. The van der Waals surface area contributed by atoms with E-state index in [-0.39, 0.29) is 81.1 Å². The number of ketones is 2. The van der Waals surface area contributed by atoms with Gasteiger partial charge in [-0.25, -0.2) is 4.68 Å². The summed E-state index contributed by atoms with van der Waals surface area (Å²) in [6.07, 6.45) is 3.65. The number of hydrogen-bond acceptors (Lipinski definition) is 15. The molecular weight excluding hydrogens is 774 g/mol. The molecule has 0 spiro atoms. The number of methoxy groups -OCH3 is 1. The summed E-state index contributed by atoms with van der Waals surface area (Å²) >= 11 is 0. The highest BCUT2D eigenvalue weighted by Gasteiger charge is 2.30. The second-order valence-corrected chi connectivity index (χ2v) is 13.4. The second-order valence-electron chi connectivity index (χ2n) is 13.4. The number of fused-ring (bicyclic) bond motifs is 1. The van der Waals surface area contributed by atoms with Gasteiger partial charge >= 0.3 is 0 Å². The van der Waals surface area contributed by atoms with E-state index in [0.29, 0.717) is 65.5 Å². The third kappa shape index (κ3) is 10.1. The lowest BCUT2D eigenvalue weighted by molar-refractivity contribution is -0.393. The number of nitro groups is 2. The van der Waals surface area contributed by atoms with Crippen molar-refractivity contribution in [1.29, 1.82) is 0 Å². The van der Waals surface area contributed by atoms with Crippen LogP contribution in [0, 0.1) is 20.2 Å². The van der Waals surface area contributed by atoms with Crippen molar-refractivity contribution < 1.29 is 47.7 Å². The first-order valence-electron chi connectivity index (χ1n) is 18.5. The van der Waals surface area contributed by atoms with Crippen LogP contribution in [0.5, 0.6) is 5.75 Å². The molecular formula is C38H41N9O12. The van der Waals surface area contributed by atoms with E-state index in [4.69, 9.17) is 18.6 Å². The van der Waals surface area contributed by atoms with Crippen molar-refractivity contribution in [3.05, 3.63) is 92.1 Å². The summed E-state index contributed by atoms with van der Waals surface area (Å²) in [7, 11) is 1.48. The quantitative estimate of drug-likeness (QED) is 0.0374. The molecule has 2 aromatic carbocycles. The number of Topliss-reactive ketones (excluding diaryl/α,β-unsaturated/α-hetero) is 2. The van der Waals surface area contributed by atoms with Gasteiger partial charge in [-0.2, -0.15) is 0 Å². The number of amides is 2. The third-order valence-corrected chi connectivity index (χ3v) is 9.56. The molecule has 21 heteroatoms. The van der Waals surface area contributed by atoms with Crippen LogP contribution in [0.4, 0.5) is 17.1 Å². The number of hydrogen-bond donors (Lipinski definition) is 2. The van der Waals surface area contributed by atoms with Crippen LogP contribution in [0.25, 0.3) is 22.2 Å². The van der Waals surface area contributed by atoms with Gasteiger partial charge in [0.1, 0.15) is 35.3 Å². The Morgan fingerprint density at radius 1 is 0.966 bits per heavy atom. The predicted octanol–water partition coefficient (Wildman–Crippen LogP) is 3.57. The standard InChI is InChI=1S/C38H41N9O12/c1-24(48)43-12-14-44(15-13-43)38(51)37(50)30-20-40-36-29(7-10-34(56-2)35(30)36)33-9-6-28(59-33)5-4-27(49)23-58-18-16-45-21-25(41-42-45)22-57-17-11-39-31-8-3-26(46(52)53)19-32(31)47(54)55/h3,6-10,19-21,39-40H,4-5,11-18,22-23H2,1-2H3. The summed E-state index contributed by atoms with van der Waals surface area (Å²) in [5.41, 5.74) is 1.22. The summed E-state index contributed by atoms with van der Waals surface area (Å²) < 4.78 is 24.3. The van der Waals surface area contributed by atoms with Crippen molar-refractivity contribution in [2.45, 2.75) is 32.9 Å². The number of nitrogens with zero attached hydrogens (tertiary/aromatic N) is 7. The number of anilines is 1. The lowest BCUT2D eigenvalue weighted by atomic mass is 10.0. The van der Waals surface area contributed by atoms with Crippen molar-refractivity contribution in [2.24, 2.45) is 0 Å². The molecule has 1 aliphatic heterocycles. The maximum atomic E-state index is 13.4. The Bertz CT molecular complexity index is 2360. The third-order valence-electron chi connectivity index (χ3n) is 9.56. The molecule has 1 saturated heterocycles. The molecule has 3 aromatic heterocycles. The van der Waals surface area contributed by atoms with Crippen LogP contribution >= 0.6 is 0 Å². The number of piperazine rings is 1. The summed E-state index contributed by atoms with van der Waals surface area (Å²) in [6.45, 7) is 3.63. The fourth-order valence-electron chi connectivity index (χ4n) is 6.47. The number of ether oxygens (including phenoxy) is 3. The number of aromatic nitrogens is 4. The molecule has 0 bridgehead atoms. The summed E-state index contributed by atoms with van der Waals surface area (Å²) in [6, 6.07) is 10.4. The minimum absolute atomic E-state index is 0.0786. The number of aromatic amines is 1. The molecule has 0 aliphatic carbocycles. The number of nitrogens with one attached hydrogen (secondary N) is 2. The van der Waals surface area contributed by atoms with Crippen LogP contribution in [0.3, 0.4) is 0 Å². The minimum atomic E-state index is -0.704. The minimum Gasteiger partial charge on any atom is -0.496 e. The van der Waals surface area contributed by atoms with E-state index in [1.54, 1.807) is 40.0 Å². The first-order valence-corrected chi connectivity index (χ1v) is 18.5. The maximum Gasteiger partial charge on any atom is 0.299 e. The van der Waals surface area contributed by atoms with E-state index >= 15 is 0 Å². The van der Waals surface area contributed by atoms with Crippen LogP contribution in [0.2, 0.25) is 0 Å². The number of rotatable bonds is 20. The lowest BCUT2D eigenvalue weighted by Crippen LogP contribution is -2.51. The fourth-order valence-corrected chi connectivity index (χ4v) is 6.47. The number of carbonyl (C=O) groups is 4. The van der Waals surface area contributed by atoms with Crippen LogP contribution in [0.1, 0.15) is 35.2 Å². The average molecular weight is 816 g/mol. The number of non-ortho nitro benzene ring substituents is 1. The molecule has 1 fully saturated rings. The van der Waals surface area contributed by atoms with Gasteiger partial charge in [-0.15, -0.1) is 5.10 Å². The van der Waals surface area contributed by atoms with Crippen molar-refractivity contribution in [1.82, 2.24) is 29.8 Å². The zero-order valence-electron chi connectivity index (χ0n) is 32.2. The van der Waals surface area contributed by atoms with Crippen molar-refractivity contribution in [3.63, 3.8) is 0 Å². The smallest absolute Gasteiger partial charge is 0.299 e. The number of H-pyrrole nitrogens is 1. The fraction of sp³-hybridized carbons (Fsp3) is 0.368. The molecule has 310 valence electrons. The van der Waals surface area contributed by atoms with Gasteiger partial charge in [0.2, 0.25) is 5.91 Å². The largest absolute Gasteiger partial charge is 0.496 e. The van der Waals surface area contributed by atoms with Gasteiger partial charge in [0, 0.05) is 70.3 Å². The maximum absolute atomic E-state index is 13.4. The van der Waals surface area contributed by atoms with Crippen LogP contribution in [0.15, 0.2) is 59.3 Å². The first kappa shape index (κ1) is 41.6. The molecule has 5 aromatic rings. The number of carbonyl (C=O) groups excluding carboxylic acids is 4. The number of furan rings is 1. The highest BCUT2D eigenvalue weighted by atomic mass is 16.6. The Hall–Kier alpha value is -7.00. The van der Waals surface area contributed by atoms with Crippen molar-refractivity contribution in [3.8, 4) is 17.1 Å². The molecule has 0 atom stereocenters. The predicted molar refractivity (Wildman–Crippen MR) is 208 cm³/mol. The van der Waals surface area contributed by atoms with Gasteiger partial charge < -0.3 is 38.7 Å². The van der Waals surface area contributed by atoms with E-state index < -0.39 is 27.2 Å². The Kier molecular flexibility index (Phi) is 13.4. The monoisotopic (exact) mass is 815 g/mol. The van der Waals surface area contributed by atoms with Crippen LogP contribution in [-0.4, -0.2) is 123 Å². The normalized spacial score (nSPS) is 12.8. The van der Waals surface area contributed by atoms with Gasteiger partial charge in [-0.1, -0.05) is 5.21 Å². The molecule has 4 heterocycles. The molecule has 2 N–H and O–H groups in total. The van der Waals surface area contributed by atoms with Gasteiger partial charge in [-0.05, 0) is 30.3 Å². The molecule has 21 nitrogen and oxygen atoms in total. The number of benzene rings is 2. The molecule has 1 aliphatic rings. The zero-order chi connectivity index (χ0) is 42.1. The average Bonchev–Trinajstić information content (AvgIpc) is 4.01. The van der Waals surface area contributed by atoms with E-state index in [9.17, 15) is 39.4 Å². The van der Waals surface area contributed by atoms with Gasteiger partial charge in [0.15, 0.2) is 5.78 Å². The van der Waals surface area contributed by atoms with Crippen molar-refractivity contribution >= 4 is 51.3 Å². The van der Waals surface area contributed by atoms with Crippen molar-refractivity contribution in [2.75, 3.05) is 65.0 Å².